The summed E-state index contributed by atoms with van der Waals surface area (Å²) in [5, 5.41) is 12.0. The van der Waals surface area contributed by atoms with E-state index in [0.29, 0.717) is 11.1 Å². The first-order valence-corrected chi connectivity index (χ1v) is 5.85. The molecule has 1 saturated heterocycles. The Bertz CT molecular complexity index is 544. The second-order valence-corrected chi connectivity index (χ2v) is 5.04. The Hall–Kier alpha value is -1.40. The summed E-state index contributed by atoms with van der Waals surface area (Å²) >= 11 is 3.30. The molecule has 0 aromatic heterocycles. The van der Waals surface area contributed by atoms with Gasteiger partial charge in [-0.2, -0.15) is 0 Å². The molecule has 2 atom stereocenters. The fourth-order valence-corrected chi connectivity index (χ4v) is 2.78. The average Bonchev–Trinajstić information content (AvgIpc) is 2.67. The highest BCUT2D eigenvalue weighted by atomic mass is 79.9. The van der Waals surface area contributed by atoms with Crippen LogP contribution in [0.1, 0.15) is 23.7 Å². The predicted molar refractivity (Wildman–Crippen MR) is 60.0 cm³/mol. The maximum atomic E-state index is 11.8. The van der Waals surface area contributed by atoms with E-state index < -0.39 is 23.7 Å². The predicted octanol–water partition coefficient (Wildman–Crippen LogP) is 1.35. The third kappa shape index (κ3) is 1.34. The molecule has 3 rings (SSSR count). The zero-order valence-corrected chi connectivity index (χ0v) is 10.2. The van der Waals surface area contributed by atoms with Crippen molar-refractivity contribution >= 4 is 27.9 Å². The van der Waals surface area contributed by atoms with Crippen LogP contribution in [0.15, 0.2) is 22.7 Å². The Morgan fingerprint density at radius 2 is 2.24 bits per heavy atom. The van der Waals surface area contributed by atoms with Gasteiger partial charge in [0.1, 0.15) is 0 Å². The maximum absolute atomic E-state index is 11.8. The number of carbonyl (C=O) groups is 2. The normalized spacial score (nSPS) is 30.4. The summed E-state index contributed by atoms with van der Waals surface area (Å²) in [5.41, 5.74) is -0.187. The van der Waals surface area contributed by atoms with E-state index in [-0.39, 0.29) is 6.42 Å². The zero-order valence-electron chi connectivity index (χ0n) is 8.57. The summed E-state index contributed by atoms with van der Waals surface area (Å²) in [7, 11) is 0. The van der Waals surface area contributed by atoms with Crippen LogP contribution < -0.4 is 5.32 Å². The smallest absolute Gasteiger partial charge is 0.415 e. The van der Waals surface area contributed by atoms with E-state index in [9.17, 15) is 14.7 Å². The molecule has 2 N–H and O–H groups in total. The molecule has 1 aromatic carbocycles. The van der Waals surface area contributed by atoms with Gasteiger partial charge in [-0.15, -0.1) is 0 Å². The highest BCUT2D eigenvalue weighted by Crippen LogP contribution is 2.48. The van der Waals surface area contributed by atoms with Gasteiger partial charge in [0.05, 0.1) is 6.10 Å². The van der Waals surface area contributed by atoms with E-state index in [1.807, 2.05) is 0 Å². The van der Waals surface area contributed by atoms with Gasteiger partial charge in [0.25, 0.3) is 5.91 Å². The van der Waals surface area contributed by atoms with Gasteiger partial charge >= 0.3 is 6.09 Å². The van der Waals surface area contributed by atoms with Crippen molar-refractivity contribution in [2.45, 2.75) is 18.1 Å². The van der Waals surface area contributed by atoms with Crippen LogP contribution >= 0.6 is 15.9 Å². The number of halogens is 1. The quantitative estimate of drug-likeness (QED) is 0.758. The fourth-order valence-electron chi connectivity index (χ4n) is 2.40. The first kappa shape index (κ1) is 10.7. The molecule has 0 unspecified atom stereocenters. The number of benzene rings is 1. The molecule has 2 amide bonds. The summed E-state index contributed by atoms with van der Waals surface area (Å²) in [4.78, 5) is 23.0. The molecule has 1 aliphatic heterocycles. The van der Waals surface area contributed by atoms with Crippen LogP contribution in [0.2, 0.25) is 0 Å². The monoisotopic (exact) mass is 297 g/mol. The molecule has 1 fully saturated rings. The number of fused-ring (bicyclic) bond motifs is 2. The van der Waals surface area contributed by atoms with Gasteiger partial charge in [-0.05, 0) is 17.7 Å². The molecule has 88 valence electrons. The first-order valence-electron chi connectivity index (χ1n) is 5.05. The lowest BCUT2D eigenvalue weighted by Gasteiger charge is -2.19. The van der Waals surface area contributed by atoms with Crippen LogP contribution in [0.25, 0.3) is 0 Å². The molecule has 1 aromatic rings. The first-order chi connectivity index (χ1) is 8.03. The van der Waals surface area contributed by atoms with E-state index in [0.717, 1.165) is 4.47 Å². The van der Waals surface area contributed by atoms with Crippen molar-refractivity contribution in [1.29, 1.82) is 0 Å². The Morgan fingerprint density at radius 3 is 2.88 bits per heavy atom. The summed E-state index contributed by atoms with van der Waals surface area (Å²) < 4.78 is 5.89. The lowest BCUT2D eigenvalue weighted by molar-refractivity contribution is -0.133. The molecule has 1 heterocycles. The summed E-state index contributed by atoms with van der Waals surface area (Å²) in [6.07, 6.45) is -1.51. The van der Waals surface area contributed by atoms with E-state index >= 15 is 0 Å². The Balaban J connectivity index is 2.19. The van der Waals surface area contributed by atoms with Gasteiger partial charge < -0.3 is 9.84 Å². The number of imide groups is 1. The molecule has 0 radical (unpaired) electrons. The molecule has 0 bridgehead atoms. The van der Waals surface area contributed by atoms with Crippen LogP contribution in [0.5, 0.6) is 0 Å². The minimum absolute atomic E-state index is 0.0658. The highest BCUT2D eigenvalue weighted by molar-refractivity contribution is 9.10. The molecular formula is C11H8BrNO4. The minimum Gasteiger partial charge on any atom is -0.427 e. The van der Waals surface area contributed by atoms with Crippen molar-refractivity contribution in [3.63, 3.8) is 0 Å². The number of amides is 2. The number of ether oxygens (including phenoxy) is 1. The van der Waals surface area contributed by atoms with E-state index in [1.54, 1.807) is 18.2 Å². The van der Waals surface area contributed by atoms with Gasteiger partial charge in [0.15, 0.2) is 0 Å². The molecular weight excluding hydrogens is 290 g/mol. The van der Waals surface area contributed by atoms with Crippen molar-refractivity contribution in [2.24, 2.45) is 0 Å². The van der Waals surface area contributed by atoms with Crippen molar-refractivity contribution in [2.75, 3.05) is 0 Å². The second kappa shape index (κ2) is 3.30. The van der Waals surface area contributed by atoms with Crippen molar-refractivity contribution in [3.8, 4) is 0 Å². The van der Waals surface area contributed by atoms with E-state index in [4.69, 9.17) is 4.74 Å². The molecule has 17 heavy (non-hydrogen) atoms. The summed E-state index contributed by atoms with van der Waals surface area (Å²) in [6.45, 7) is 0. The van der Waals surface area contributed by atoms with E-state index in [2.05, 4.69) is 21.2 Å². The lowest BCUT2D eigenvalue weighted by Crippen LogP contribution is -2.34. The average molecular weight is 298 g/mol. The lowest BCUT2D eigenvalue weighted by atomic mass is 9.95. The number of carbonyl (C=O) groups excluding carboxylic acids is 2. The number of hydrogen-bond acceptors (Lipinski definition) is 4. The number of rotatable bonds is 0. The Kier molecular flexibility index (Phi) is 2.08. The molecule has 0 saturated carbocycles. The van der Waals surface area contributed by atoms with Crippen LogP contribution in [-0.4, -0.2) is 17.1 Å². The van der Waals surface area contributed by atoms with Crippen LogP contribution in [0, 0.1) is 0 Å². The Labute approximate surface area is 105 Å². The fraction of sp³-hybridized carbons (Fsp3) is 0.273. The number of aliphatic hydroxyl groups is 1. The number of aliphatic hydroxyl groups excluding tert-OH is 1. The van der Waals surface area contributed by atoms with Crippen LogP contribution in [-0.2, 0) is 15.1 Å². The largest absolute Gasteiger partial charge is 0.427 e. The number of nitrogens with one attached hydrogen (secondary N) is 1. The third-order valence-corrected chi connectivity index (χ3v) is 3.63. The van der Waals surface area contributed by atoms with Gasteiger partial charge in [-0.25, -0.2) is 4.79 Å². The number of alkyl carbamates (subject to hydrolysis) is 1. The van der Waals surface area contributed by atoms with Crippen molar-refractivity contribution < 1.29 is 19.4 Å². The van der Waals surface area contributed by atoms with Crippen molar-refractivity contribution in [3.05, 3.63) is 33.8 Å². The third-order valence-electron chi connectivity index (χ3n) is 3.14. The van der Waals surface area contributed by atoms with Gasteiger partial charge in [-0.1, -0.05) is 22.0 Å². The van der Waals surface area contributed by atoms with Gasteiger partial charge in [-0.3, -0.25) is 10.1 Å². The summed E-state index contributed by atoms with van der Waals surface area (Å²) in [6, 6.07) is 5.17. The molecule has 1 aliphatic carbocycles. The van der Waals surface area contributed by atoms with Crippen molar-refractivity contribution in [1.82, 2.24) is 5.32 Å². The topological polar surface area (TPSA) is 75.6 Å². The molecule has 6 heteroatoms. The van der Waals surface area contributed by atoms with Gasteiger partial charge in [0.2, 0.25) is 5.60 Å². The van der Waals surface area contributed by atoms with Crippen LogP contribution in [0.4, 0.5) is 4.79 Å². The maximum Gasteiger partial charge on any atom is 0.415 e. The molecule has 1 spiro atoms. The standard InChI is InChI=1S/C11H8BrNO4/c12-5-1-2-7-6(3-5)8(14)4-11(7)9(15)13-10(16)17-11/h1-3,8,14H,4H2,(H,13,15,16)/t8-,11-/m0/s1. The summed E-state index contributed by atoms with van der Waals surface area (Å²) in [5.74, 6) is -0.511. The van der Waals surface area contributed by atoms with Gasteiger partial charge in [0, 0.05) is 16.5 Å². The SMILES string of the molecule is O=C1NC(=O)[C@@]2(C[C@H](O)c3cc(Br)ccc32)O1. The Morgan fingerprint density at radius 1 is 1.47 bits per heavy atom. The number of hydrogen-bond donors (Lipinski definition) is 2. The molecule has 2 aliphatic rings. The van der Waals surface area contributed by atoms with E-state index in [1.165, 1.54) is 0 Å². The minimum atomic E-state index is -1.35. The molecule has 5 nitrogen and oxygen atoms in total. The second-order valence-electron chi connectivity index (χ2n) is 4.12. The highest BCUT2D eigenvalue weighted by Gasteiger charge is 2.56. The van der Waals surface area contributed by atoms with Crippen LogP contribution in [0.3, 0.4) is 0 Å². The zero-order chi connectivity index (χ0) is 12.2.